The highest BCUT2D eigenvalue weighted by atomic mass is 16.5. The van der Waals surface area contributed by atoms with Crippen molar-refractivity contribution in [2.75, 3.05) is 24.8 Å². The van der Waals surface area contributed by atoms with E-state index >= 15 is 0 Å². The highest BCUT2D eigenvalue weighted by Gasteiger charge is 2.10. The lowest BCUT2D eigenvalue weighted by molar-refractivity contribution is 0.379. The van der Waals surface area contributed by atoms with Crippen LogP contribution in [0.4, 0.5) is 17.6 Å². The van der Waals surface area contributed by atoms with Gasteiger partial charge in [0.15, 0.2) is 0 Å². The number of benzene rings is 1. The first-order valence-corrected chi connectivity index (χ1v) is 5.05. The zero-order chi connectivity index (χ0) is 12.3. The van der Waals surface area contributed by atoms with E-state index in [-0.39, 0.29) is 12.0 Å². The number of methoxy groups -OCH3 is 1. The molecule has 0 spiro atoms. The first-order valence-electron chi connectivity index (χ1n) is 5.05. The van der Waals surface area contributed by atoms with Gasteiger partial charge in [-0.25, -0.2) is 0 Å². The topological polar surface area (TPSA) is 77.2 Å². The summed E-state index contributed by atoms with van der Waals surface area (Å²) in [4.78, 5) is 13.8. The molecule has 6 heteroatoms. The molecule has 0 fully saturated rings. The Morgan fingerprint density at radius 1 is 1.12 bits per heavy atom. The Labute approximate surface area is 99.1 Å². The second-order valence-corrected chi connectivity index (χ2v) is 3.37. The van der Waals surface area contributed by atoms with Gasteiger partial charge >= 0.3 is 6.01 Å². The third-order valence-corrected chi connectivity index (χ3v) is 2.25. The van der Waals surface area contributed by atoms with E-state index < -0.39 is 0 Å². The molecule has 17 heavy (non-hydrogen) atoms. The summed E-state index contributed by atoms with van der Waals surface area (Å²) in [6.07, 6.45) is 0. The summed E-state index contributed by atoms with van der Waals surface area (Å²) >= 11 is 0. The number of aromatic nitrogens is 3. The Morgan fingerprint density at radius 2 is 1.82 bits per heavy atom. The molecule has 88 valence electrons. The maximum absolute atomic E-state index is 5.58. The molecule has 1 heterocycles. The summed E-state index contributed by atoms with van der Waals surface area (Å²) in [5.74, 6) is 0.579. The number of hydrogen-bond acceptors (Lipinski definition) is 6. The van der Waals surface area contributed by atoms with Crippen LogP contribution in [0.5, 0.6) is 6.01 Å². The first-order chi connectivity index (χ1) is 8.20. The molecule has 0 radical (unpaired) electrons. The number of hydrogen-bond donors (Lipinski definition) is 1. The fourth-order valence-electron chi connectivity index (χ4n) is 1.37. The number of anilines is 3. The van der Waals surface area contributed by atoms with Crippen molar-refractivity contribution in [3.05, 3.63) is 30.3 Å². The minimum absolute atomic E-state index is 0.134. The van der Waals surface area contributed by atoms with E-state index in [1.54, 1.807) is 4.90 Å². The normalized spacial score (nSPS) is 10.0. The van der Waals surface area contributed by atoms with Gasteiger partial charge in [-0.2, -0.15) is 15.0 Å². The largest absolute Gasteiger partial charge is 0.467 e. The fourth-order valence-corrected chi connectivity index (χ4v) is 1.37. The molecule has 2 aromatic rings. The van der Waals surface area contributed by atoms with Crippen molar-refractivity contribution in [1.29, 1.82) is 0 Å². The number of rotatable bonds is 3. The zero-order valence-electron chi connectivity index (χ0n) is 9.66. The molecule has 1 aromatic heterocycles. The van der Waals surface area contributed by atoms with Gasteiger partial charge in [-0.3, -0.25) is 0 Å². The van der Waals surface area contributed by atoms with Gasteiger partial charge in [-0.05, 0) is 12.1 Å². The second kappa shape index (κ2) is 4.65. The van der Waals surface area contributed by atoms with Gasteiger partial charge in [0, 0.05) is 12.7 Å². The van der Waals surface area contributed by atoms with Crippen LogP contribution in [0.2, 0.25) is 0 Å². The molecule has 0 saturated heterocycles. The van der Waals surface area contributed by atoms with E-state index in [0.717, 1.165) is 5.69 Å². The Balaban J connectivity index is 2.37. The Kier molecular flexibility index (Phi) is 3.04. The summed E-state index contributed by atoms with van der Waals surface area (Å²) in [7, 11) is 3.34. The number of nitrogens with zero attached hydrogens (tertiary/aromatic N) is 4. The van der Waals surface area contributed by atoms with Crippen LogP contribution in [-0.4, -0.2) is 29.1 Å². The van der Waals surface area contributed by atoms with Crippen LogP contribution in [0.15, 0.2) is 30.3 Å². The van der Waals surface area contributed by atoms with E-state index in [2.05, 4.69) is 15.0 Å². The summed E-state index contributed by atoms with van der Waals surface area (Å²) in [5.41, 5.74) is 6.54. The lowest BCUT2D eigenvalue weighted by Gasteiger charge is -2.17. The van der Waals surface area contributed by atoms with E-state index in [4.69, 9.17) is 10.5 Å². The number of nitrogens with two attached hydrogens (primary N) is 1. The molecule has 0 saturated carbocycles. The van der Waals surface area contributed by atoms with Crippen molar-refractivity contribution >= 4 is 17.6 Å². The second-order valence-electron chi connectivity index (χ2n) is 3.37. The summed E-state index contributed by atoms with van der Waals surface area (Å²) in [6.45, 7) is 0. The maximum Gasteiger partial charge on any atom is 0.322 e. The molecule has 0 atom stereocenters. The van der Waals surface area contributed by atoms with E-state index in [1.807, 2.05) is 37.4 Å². The van der Waals surface area contributed by atoms with Crippen LogP contribution in [-0.2, 0) is 0 Å². The molecular weight excluding hydrogens is 218 g/mol. The van der Waals surface area contributed by atoms with Gasteiger partial charge in [0.25, 0.3) is 0 Å². The number of nitrogen functional groups attached to an aromatic ring is 1. The third kappa shape index (κ3) is 2.41. The molecule has 0 amide bonds. The van der Waals surface area contributed by atoms with Crippen molar-refractivity contribution in [1.82, 2.24) is 15.0 Å². The monoisotopic (exact) mass is 231 g/mol. The van der Waals surface area contributed by atoms with Crippen LogP contribution < -0.4 is 15.4 Å². The van der Waals surface area contributed by atoms with Crippen LogP contribution in [0, 0.1) is 0 Å². The predicted molar refractivity (Wildman–Crippen MR) is 65.3 cm³/mol. The Morgan fingerprint density at radius 3 is 2.47 bits per heavy atom. The van der Waals surface area contributed by atoms with Crippen molar-refractivity contribution in [2.45, 2.75) is 0 Å². The summed E-state index contributed by atoms with van der Waals surface area (Å²) in [5, 5.41) is 0. The number of para-hydroxylation sites is 1. The summed E-state index contributed by atoms with van der Waals surface area (Å²) in [6, 6.07) is 9.93. The molecule has 0 unspecified atom stereocenters. The van der Waals surface area contributed by atoms with Gasteiger partial charge < -0.3 is 15.4 Å². The van der Waals surface area contributed by atoms with Gasteiger partial charge in [-0.1, -0.05) is 18.2 Å². The molecule has 2 N–H and O–H groups in total. The molecule has 2 rings (SSSR count). The minimum atomic E-state index is 0.134. The van der Waals surface area contributed by atoms with Gasteiger partial charge in [-0.15, -0.1) is 0 Å². The average Bonchev–Trinajstić information content (AvgIpc) is 2.38. The van der Waals surface area contributed by atoms with E-state index in [1.165, 1.54) is 7.11 Å². The Hall–Kier alpha value is -2.37. The molecule has 6 nitrogen and oxygen atoms in total. The molecule has 0 aliphatic heterocycles. The van der Waals surface area contributed by atoms with Crippen LogP contribution >= 0.6 is 0 Å². The van der Waals surface area contributed by atoms with Gasteiger partial charge in [0.2, 0.25) is 11.9 Å². The highest BCUT2D eigenvalue weighted by molar-refractivity contribution is 5.56. The van der Waals surface area contributed by atoms with Crippen molar-refractivity contribution in [3.8, 4) is 6.01 Å². The zero-order valence-corrected chi connectivity index (χ0v) is 9.66. The predicted octanol–water partition coefficient (Wildman–Crippen LogP) is 1.23. The van der Waals surface area contributed by atoms with Gasteiger partial charge in [0.05, 0.1) is 7.11 Å². The minimum Gasteiger partial charge on any atom is -0.467 e. The van der Waals surface area contributed by atoms with Crippen LogP contribution in [0.25, 0.3) is 0 Å². The van der Waals surface area contributed by atoms with Crippen LogP contribution in [0.1, 0.15) is 0 Å². The first kappa shape index (κ1) is 11.1. The molecular formula is C11H13N5O. The van der Waals surface area contributed by atoms with Crippen molar-refractivity contribution in [3.63, 3.8) is 0 Å². The Bertz CT molecular complexity index is 502. The lowest BCUT2D eigenvalue weighted by Crippen LogP contribution is -2.15. The summed E-state index contributed by atoms with van der Waals surface area (Å²) < 4.78 is 4.95. The lowest BCUT2D eigenvalue weighted by atomic mass is 10.3. The SMILES string of the molecule is COc1nc(N)nc(N(C)c2ccccc2)n1. The quantitative estimate of drug-likeness (QED) is 0.856. The van der Waals surface area contributed by atoms with Crippen molar-refractivity contribution < 1.29 is 4.74 Å². The molecule has 0 aliphatic carbocycles. The van der Waals surface area contributed by atoms with Crippen molar-refractivity contribution in [2.24, 2.45) is 0 Å². The van der Waals surface area contributed by atoms with E-state index in [0.29, 0.717) is 5.95 Å². The molecule has 0 bridgehead atoms. The average molecular weight is 231 g/mol. The molecule has 0 aliphatic rings. The van der Waals surface area contributed by atoms with Crippen LogP contribution in [0.3, 0.4) is 0 Å². The molecule has 1 aromatic carbocycles. The highest BCUT2D eigenvalue weighted by Crippen LogP contribution is 2.20. The van der Waals surface area contributed by atoms with E-state index in [9.17, 15) is 0 Å². The smallest absolute Gasteiger partial charge is 0.322 e. The van der Waals surface area contributed by atoms with Gasteiger partial charge in [0.1, 0.15) is 0 Å². The fraction of sp³-hybridized carbons (Fsp3) is 0.182. The maximum atomic E-state index is 5.58. The third-order valence-electron chi connectivity index (χ3n) is 2.25. The standard InChI is InChI=1S/C11H13N5O/c1-16(8-6-4-3-5-7-8)10-13-9(12)14-11(15-10)17-2/h3-7H,1-2H3,(H2,12,13,14,15). The number of ether oxygens (including phenoxy) is 1.